The van der Waals surface area contributed by atoms with E-state index in [1.807, 2.05) is 0 Å². The van der Waals surface area contributed by atoms with Crippen LogP contribution in [0.4, 0.5) is 0 Å². The van der Waals surface area contributed by atoms with Crippen LogP contribution in [0.1, 0.15) is 19.8 Å². The summed E-state index contributed by atoms with van der Waals surface area (Å²) in [6.07, 6.45) is 2.18. The lowest BCUT2D eigenvalue weighted by Gasteiger charge is -1.97. The summed E-state index contributed by atoms with van der Waals surface area (Å²) in [5.74, 6) is 0. The molecule has 2 nitrogen and oxygen atoms in total. The van der Waals surface area contributed by atoms with E-state index < -0.39 is 0 Å². The average Bonchev–Trinajstić information content (AvgIpc) is 1.81. The molecule has 0 aliphatic heterocycles. The van der Waals surface area contributed by atoms with E-state index in [9.17, 15) is 0 Å². The second-order valence-electron chi connectivity index (χ2n) is 1.85. The molecule has 8 heavy (non-hydrogen) atoms. The lowest BCUT2D eigenvalue weighted by molar-refractivity contribution is 0.642. The normalized spacial score (nSPS) is 9.75. The van der Waals surface area contributed by atoms with Crippen molar-refractivity contribution in [1.29, 1.82) is 0 Å². The maximum absolute atomic E-state index is 6.80. The largest absolute Gasteiger partial charge is 0.317 e. The Morgan fingerprint density at radius 3 is 2.62 bits per heavy atom. The van der Waals surface area contributed by atoms with Gasteiger partial charge in [-0.25, -0.2) is 0 Å². The smallest absolute Gasteiger partial charge is 0.0112 e. The van der Waals surface area contributed by atoms with E-state index in [1.165, 1.54) is 6.42 Å². The van der Waals surface area contributed by atoms with Crippen LogP contribution in [0.3, 0.4) is 0 Å². The molecule has 0 fully saturated rings. The molecular weight excluding hydrogens is 100 g/mol. The van der Waals surface area contributed by atoms with E-state index in [0.717, 1.165) is 19.5 Å². The van der Waals surface area contributed by atoms with Crippen LogP contribution in [0, 0.1) is 0 Å². The van der Waals surface area contributed by atoms with Gasteiger partial charge in [-0.05, 0) is 25.9 Å². The van der Waals surface area contributed by atoms with E-state index in [0.29, 0.717) is 6.54 Å². The van der Waals surface area contributed by atoms with Gasteiger partial charge in [-0.15, -0.1) is 0 Å². The summed E-state index contributed by atoms with van der Waals surface area (Å²) in [5.41, 5.74) is 6.80. The van der Waals surface area contributed by atoms with Gasteiger partial charge in [-0.1, -0.05) is 6.92 Å². The second-order valence-corrected chi connectivity index (χ2v) is 1.85. The third kappa shape index (κ3) is 5.92. The van der Waals surface area contributed by atoms with Crippen LogP contribution in [0.2, 0.25) is 0 Å². The summed E-state index contributed by atoms with van der Waals surface area (Å²) in [6, 6.07) is 0. The zero-order valence-corrected chi connectivity index (χ0v) is 5.54. The molecule has 0 saturated carbocycles. The van der Waals surface area contributed by atoms with Gasteiger partial charge in [0.25, 0.3) is 0 Å². The van der Waals surface area contributed by atoms with Crippen LogP contribution in [0.15, 0.2) is 0 Å². The molecule has 0 spiro atoms. The fourth-order valence-electron chi connectivity index (χ4n) is 0.515. The highest BCUT2D eigenvalue weighted by molar-refractivity contribution is 4.44. The number of nitrogens with one attached hydrogen (secondary N) is 2. The Kier molecular flexibility index (Phi) is 6.85. The van der Waals surface area contributed by atoms with Crippen molar-refractivity contribution in [3.8, 4) is 0 Å². The van der Waals surface area contributed by atoms with Gasteiger partial charge >= 0.3 is 0 Å². The maximum atomic E-state index is 6.80. The fourth-order valence-corrected chi connectivity index (χ4v) is 0.515. The van der Waals surface area contributed by atoms with Gasteiger partial charge in [0.2, 0.25) is 0 Å². The van der Waals surface area contributed by atoms with Crippen molar-refractivity contribution >= 4 is 0 Å². The van der Waals surface area contributed by atoms with Crippen molar-refractivity contribution in [3.63, 3.8) is 0 Å². The Morgan fingerprint density at radius 2 is 2.12 bits per heavy atom. The molecule has 0 aliphatic carbocycles. The molecule has 0 amide bonds. The summed E-state index contributed by atoms with van der Waals surface area (Å²) in [4.78, 5) is 0. The minimum Gasteiger partial charge on any atom is -0.317 e. The molecule has 1 radical (unpaired) electrons. The predicted octanol–water partition coefficient (Wildman–Crippen LogP) is 0.659. The minimum atomic E-state index is 0.552. The van der Waals surface area contributed by atoms with Gasteiger partial charge in [0.05, 0.1) is 0 Å². The quantitative estimate of drug-likeness (QED) is 0.525. The first-order valence-corrected chi connectivity index (χ1v) is 3.27. The van der Waals surface area contributed by atoms with Crippen molar-refractivity contribution in [2.75, 3.05) is 19.6 Å². The van der Waals surface area contributed by atoms with E-state index in [2.05, 4.69) is 12.2 Å². The summed E-state index contributed by atoms with van der Waals surface area (Å²) >= 11 is 0. The molecule has 2 heteroatoms. The Morgan fingerprint density at radius 1 is 1.38 bits per heavy atom. The summed E-state index contributed by atoms with van der Waals surface area (Å²) < 4.78 is 0. The van der Waals surface area contributed by atoms with Crippen LogP contribution in [-0.2, 0) is 0 Å². The molecule has 0 saturated heterocycles. The first-order chi connectivity index (χ1) is 3.91. The summed E-state index contributed by atoms with van der Waals surface area (Å²) in [5, 5.41) is 3.22. The SMILES string of the molecule is CCCNCCC[NH]. The van der Waals surface area contributed by atoms with Gasteiger partial charge in [0.1, 0.15) is 0 Å². The Bertz CT molecular complexity index is 31.5. The van der Waals surface area contributed by atoms with Crippen molar-refractivity contribution < 1.29 is 0 Å². The molecule has 0 atom stereocenters. The Hall–Kier alpha value is -0.0800. The molecule has 0 aromatic heterocycles. The van der Waals surface area contributed by atoms with Crippen LogP contribution >= 0.6 is 0 Å². The molecule has 0 aromatic rings. The summed E-state index contributed by atoms with van der Waals surface area (Å²) in [6.45, 7) is 4.81. The highest BCUT2D eigenvalue weighted by Crippen LogP contribution is 1.72. The van der Waals surface area contributed by atoms with Crippen LogP contribution in [0.25, 0.3) is 0 Å². The lowest BCUT2D eigenvalue weighted by Crippen LogP contribution is -2.16. The fraction of sp³-hybridized carbons (Fsp3) is 1.00. The lowest BCUT2D eigenvalue weighted by atomic mass is 10.4. The minimum absolute atomic E-state index is 0.552. The molecule has 0 aromatic carbocycles. The predicted molar refractivity (Wildman–Crippen MR) is 35.7 cm³/mol. The zero-order valence-electron chi connectivity index (χ0n) is 5.54. The third-order valence-electron chi connectivity index (χ3n) is 0.957. The third-order valence-corrected chi connectivity index (χ3v) is 0.957. The van der Waals surface area contributed by atoms with Crippen molar-refractivity contribution in [3.05, 3.63) is 0 Å². The second kappa shape index (κ2) is 6.92. The molecule has 0 bridgehead atoms. The molecule has 49 valence electrons. The monoisotopic (exact) mass is 115 g/mol. The van der Waals surface area contributed by atoms with Crippen molar-refractivity contribution in [2.45, 2.75) is 19.8 Å². The van der Waals surface area contributed by atoms with Gasteiger partial charge in [-0.2, -0.15) is 0 Å². The van der Waals surface area contributed by atoms with E-state index in [-0.39, 0.29) is 0 Å². The van der Waals surface area contributed by atoms with Crippen LogP contribution < -0.4 is 11.1 Å². The first-order valence-electron chi connectivity index (χ1n) is 3.27. The van der Waals surface area contributed by atoms with Crippen LogP contribution in [-0.4, -0.2) is 19.6 Å². The number of hydrogen-bond acceptors (Lipinski definition) is 1. The van der Waals surface area contributed by atoms with E-state index in [1.54, 1.807) is 0 Å². The molecule has 0 heterocycles. The zero-order chi connectivity index (χ0) is 6.24. The standard InChI is InChI=1S/C6H15N2/c1-2-5-8-6-3-4-7/h7-8H,2-6H2,1H3. The van der Waals surface area contributed by atoms with Crippen LogP contribution in [0.5, 0.6) is 0 Å². The van der Waals surface area contributed by atoms with E-state index >= 15 is 0 Å². The maximum Gasteiger partial charge on any atom is 0.0112 e. The highest BCUT2D eigenvalue weighted by Gasteiger charge is 1.81. The molecule has 0 unspecified atom stereocenters. The Balaban J connectivity index is 2.53. The Labute approximate surface area is 51.5 Å². The van der Waals surface area contributed by atoms with Gasteiger partial charge in [0, 0.05) is 6.54 Å². The number of rotatable bonds is 5. The van der Waals surface area contributed by atoms with Gasteiger partial charge in [0.15, 0.2) is 0 Å². The first kappa shape index (κ1) is 7.92. The van der Waals surface area contributed by atoms with E-state index in [4.69, 9.17) is 5.73 Å². The number of hydrogen-bond donors (Lipinski definition) is 1. The topological polar surface area (TPSA) is 35.8 Å². The van der Waals surface area contributed by atoms with Crippen molar-refractivity contribution in [1.82, 2.24) is 11.1 Å². The molecule has 0 rings (SSSR count). The molecule has 0 aliphatic rings. The van der Waals surface area contributed by atoms with Gasteiger partial charge < -0.3 is 5.32 Å². The molecular formula is C6H15N2. The summed E-state index contributed by atoms with van der Waals surface area (Å²) in [7, 11) is 0. The van der Waals surface area contributed by atoms with Gasteiger partial charge in [-0.3, -0.25) is 5.73 Å². The van der Waals surface area contributed by atoms with Crippen molar-refractivity contribution in [2.24, 2.45) is 0 Å². The highest BCUT2D eigenvalue weighted by atomic mass is 14.8. The molecule has 2 N–H and O–H groups in total. The average molecular weight is 115 g/mol.